The molecule has 1 atom stereocenters. The number of carbonyl (C=O) groups excluding carboxylic acids is 1. The second kappa shape index (κ2) is 5.01. The molecule has 1 unspecified atom stereocenters. The van der Waals surface area contributed by atoms with Crippen LogP contribution in [0.3, 0.4) is 0 Å². The van der Waals surface area contributed by atoms with E-state index in [0.717, 1.165) is 17.0 Å². The summed E-state index contributed by atoms with van der Waals surface area (Å²) < 4.78 is 1.67. The molecule has 7 nitrogen and oxygen atoms in total. The van der Waals surface area contributed by atoms with Crippen molar-refractivity contribution in [1.29, 1.82) is 0 Å². The van der Waals surface area contributed by atoms with Gasteiger partial charge in [0.2, 0.25) is 0 Å². The molecule has 0 saturated heterocycles. The molecule has 0 saturated carbocycles. The number of hydrogen-bond donors (Lipinski definition) is 2. The number of aryl methyl sites for hydroxylation is 2. The number of nitrogens with zero attached hydrogens (tertiary/aromatic N) is 4. The van der Waals surface area contributed by atoms with E-state index in [0.29, 0.717) is 11.2 Å². The largest absolute Gasteiger partial charge is 0.345 e. The van der Waals surface area contributed by atoms with Crippen molar-refractivity contribution in [3.05, 3.63) is 47.2 Å². The summed E-state index contributed by atoms with van der Waals surface area (Å²) in [4.78, 5) is 16.8. The van der Waals surface area contributed by atoms with E-state index >= 15 is 0 Å². The van der Waals surface area contributed by atoms with Gasteiger partial charge >= 0.3 is 0 Å². The second-order valence-electron chi connectivity index (χ2n) is 5.06. The van der Waals surface area contributed by atoms with Crippen molar-refractivity contribution in [3.63, 3.8) is 0 Å². The molecular weight excluding hydrogens is 268 g/mol. The maximum Gasteiger partial charge on any atom is 0.257 e. The molecular formula is C14H16N6O. The minimum atomic E-state index is -0.198. The third-order valence-corrected chi connectivity index (χ3v) is 3.39. The van der Waals surface area contributed by atoms with Crippen LogP contribution in [0.25, 0.3) is 5.65 Å². The Balaban J connectivity index is 1.92. The van der Waals surface area contributed by atoms with Gasteiger partial charge in [-0.25, -0.2) is 9.50 Å². The van der Waals surface area contributed by atoms with Crippen LogP contribution in [-0.2, 0) is 0 Å². The fourth-order valence-corrected chi connectivity index (χ4v) is 2.29. The molecule has 108 valence electrons. The van der Waals surface area contributed by atoms with Crippen LogP contribution in [0.5, 0.6) is 0 Å². The quantitative estimate of drug-likeness (QED) is 0.764. The van der Waals surface area contributed by atoms with Gasteiger partial charge in [0.05, 0.1) is 18.4 Å². The maximum atomic E-state index is 12.4. The molecule has 0 aliphatic carbocycles. The zero-order valence-electron chi connectivity index (χ0n) is 12.1. The van der Waals surface area contributed by atoms with Crippen LogP contribution in [0.2, 0.25) is 0 Å². The summed E-state index contributed by atoms with van der Waals surface area (Å²) in [5, 5.41) is 13.8. The average Bonchev–Trinajstić information content (AvgIpc) is 3.07. The van der Waals surface area contributed by atoms with Gasteiger partial charge in [-0.3, -0.25) is 9.89 Å². The van der Waals surface area contributed by atoms with Crippen LogP contribution < -0.4 is 5.32 Å². The first-order valence-corrected chi connectivity index (χ1v) is 6.68. The van der Waals surface area contributed by atoms with Crippen LogP contribution in [0.4, 0.5) is 0 Å². The number of rotatable bonds is 3. The highest BCUT2D eigenvalue weighted by Crippen LogP contribution is 2.14. The maximum absolute atomic E-state index is 12.4. The SMILES string of the molecule is Cc1cc(C)n2ncc(C(=O)NC(C)c3cn[nH]c3)c2n1. The van der Waals surface area contributed by atoms with E-state index in [1.165, 1.54) is 0 Å². The Morgan fingerprint density at radius 2 is 2.19 bits per heavy atom. The van der Waals surface area contributed by atoms with Gasteiger partial charge in [-0.05, 0) is 26.8 Å². The number of H-pyrrole nitrogens is 1. The lowest BCUT2D eigenvalue weighted by molar-refractivity contribution is 0.0941. The molecule has 0 bridgehead atoms. The third-order valence-electron chi connectivity index (χ3n) is 3.39. The highest BCUT2D eigenvalue weighted by Gasteiger charge is 2.18. The number of aromatic amines is 1. The summed E-state index contributed by atoms with van der Waals surface area (Å²) in [6.45, 7) is 5.73. The molecule has 3 aromatic heterocycles. The van der Waals surface area contributed by atoms with E-state index in [2.05, 4.69) is 25.6 Å². The van der Waals surface area contributed by atoms with E-state index in [-0.39, 0.29) is 11.9 Å². The Kier molecular flexibility index (Phi) is 3.17. The molecule has 21 heavy (non-hydrogen) atoms. The van der Waals surface area contributed by atoms with Crippen molar-refractivity contribution in [1.82, 2.24) is 30.1 Å². The van der Waals surface area contributed by atoms with E-state index < -0.39 is 0 Å². The van der Waals surface area contributed by atoms with Gasteiger partial charge in [-0.15, -0.1) is 0 Å². The van der Waals surface area contributed by atoms with E-state index in [9.17, 15) is 4.79 Å². The van der Waals surface area contributed by atoms with Crippen molar-refractivity contribution < 1.29 is 4.79 Å². The smallest absolute Gasteiger partial charge is 0.257 e. The van der Waals surface area contributed by atoms with Gasteiger partial charge in [0, 0.05) is 23.1 Å². The zero-order valence-corrected chi connectivity index (χ0v) is 12.1. The standard InChI is InChI=1S/C14H16N6O/c1-8-4-9(2)20-13(18-8)12(7-17-20)14(21)19-10(3)11-5-15-16-6-11/h4-7,10H,1-3H3,(H,15,16)(H,19,21). The lowest BCUT2D eigenvalue weighted by Crippen LogP contribution is -2.26. The lowest BCUT2D eigenvalue weighted by atomic mass is 10.2. The number of fused-ring (bicyclic) bond motifs is 1. The van der Waals surface area contributed by atoms with E-state index in [1.807, 2.05) is 26.8 Å². The first-order chi connectivity index (χ1) is 10.1. The van der Waals surface area contributed by atoms with Gasteiger partial charge in [-0.1, -0.05) is 0 Å². The number of amides is 1. The Labute approximate surface area is 121 Å². The monoisotopic (exact) mass is 284 g/mol. The summed E-state index contributed by atoms with van der Waals surface area (Å²) in [7, 11) is 0. The number of carbonyl (C=O) groups is 1. The molecule has 0 aliphatic rings. The molecule has 2 N–H and O–H groups in total. The topological polar surface area (TPSA) is 88.0 Å². The number of aromatic nitrogens is 5. The summed E-state index contributed by atoms with van der Waals surface area (Å²) in [6.07, 6.45) is 4.99. The predicted molar refractivity (Wildman–Crippen MR) is 76.9 cm³/mol. The van der Waals surface area contributed by atoms with E-state index in [4.69, 9.17) is 0 Å². The molecule has 7 heteroatoms. The Morgan fingerprint density at radius 3 is 2.90 bits per heavy atom. The Bertz CT molecular complexity index is 789. The normalized spacial score (nSPS) is 12.5. The van der Waals surface area contributed by atoms with Gasteiger partial charge in [-0.2, -0.15) is 10.2 Å². The molecule has 0 aliphatic heterocycles. The molecule has 0 radical (unpaired) electrons. The molecule has 3 aromatic rings. The third kappa shape index (κ3) is 2.37. The predicted octanol–water partition coefficient (Wildman–Crippen LogP) is 1.56. The lowest BCUT2D eigenvalue weighted by Gasteiger charge is -2.11. The highest BCUT2D eigenvalue weighted by molar-refractivity contribution is 5.99. The van der Waals surface area contributed by atoms with Gasteiger partial charge in [0.1, 0.15) is 5.56 Å². The second-order valence-corrected chi connectivity index (χ2v) is 5.06. The molecule has 3 heterocycles. The molecule has 0 fully saturated rings. The summed E-state index contributed by atoms with van der Waals surface area (Å²) in [5.74, 6) is -0.198. The zero-order chi connectivity index (χ0) is 15.0. The summed E-state index contributed by atoms with van der Waals surface area (Å²) >= 11 is 0. The van der Waals surface area contributed by atoms with Crippen molar-refractivity contribution in [3.8, 4) is 0 Å². The Hall–Kier alpha value is -2.70. The average molecular weight is 284 g/mol. The molecule has 1 amide bonds. The first-order valence-electron chi connectivity index (χ1n) is 6.68. The fourth-order valence-electron chi connectivity index (χ4n) is 2.29. The van der Waals surface area contributed by atoms with Gasteiger partial charge in [0.15, 0.2) is 5.65 Å². The fraction of sp³-hybridized carbons (Fsp3) is 0.286. The Morgan fingerprint density at radius 1 is 1.38 bits per heavy atom. The minimum absolute atomic E-state index is 0.142. The molecule has 0 aromatic carbocycles. The van der Waals surface area contributed by atoms with Crippen LogP contribution in [0, 0.1) is 13.8 Å². The van der Waals surface area contributed by atoms with Crippen LogP contribution >= 0.6 is 0 Å². The van der Waals surface area contributed by atoms with Gasteiger partial charge < -0.3 is 5.32 Å². The molecule has 3 rings (SSSR count). The van der Waals surface area contributed by atoms with Crippen molar-refractivity contribution in [2.24, 2.45) is 0 Å². The van der Waals surface area contributed by atoms with Gasteiger partial charge in [0.25, 0.3) is 5.91 Å². The minimum Gasteiger partial charge on any atom is -0.345 e. The van der Waals surface area contributed by atoms with Crippen molar-refractivity contribution in [2.75, 3.05) is 0 Å². The summed E-state index contributed by atoms with van der Waals surface area (Å²) in [5.41, 5.74) is 3.76. The summed E-state index contributed by atoms with van der Waals surface area (Å²) in [6, 6.07) is 1.78. The highest BCUT2D eigenvalue weighted by atomic mass is 16.1. The van der Waals surface area contributed by atoms with E-state index in [1.54, 1.807) is 23.1 Å². The van der Waals surface area contributed by atoms with Crippen LogP contribution in [0.15, 0.2) is 24.7 Å². The molecule has 0 spiro atoms. The van der Waals surface area contributed by atoms with Crippen LogP contribution in [-0.4, -0.2) is 30.7 Å². The number of nitrogens with one attached hydrogen (secondary N) is 2. The van der Waals surface area contributed by atoms with Crippen molar-refractivity contribution >= 4 is 11.6 Å². The van der Waals surface area contributed by atoms with Crippen molar-refractivity contribution in [2.45, 2.75) is 26.8 Å². The number of hydrogen-bond acceptors (Lipinski definition) is 4. The van der Waals surface area contributed by atoms with Crippen LogP contribution in [0.1, 0.15) is 40.3 Å². The first kappa shape index (κ1) is 13.3.